The summed E-state index contributed by atoms with van der Waals surface area (Å²) in [5.74, 6) is 1.000. The molecule has 0 saturated carbocycles. The van der Waals surface area contributed by atoms with Crippen molar-refractivity contribution in [3.8, 4) is 11.5 Å². The second kappa shape index (κ2) is 6.92. The summed E-state index contributed by atoms with van der Waals surface area (Å²) in [7, 11) is 0. The molecule has 1 atom stereocenters. The lowest BCUT2D eigenvalue weighted by molar-refractivity contribution is -0.133. The Morgan fingerprint density at radius 2 is 2.09 bits per heavy atom. The van der Waals surface area contributed by atoms with Gasteiger partial charge in [0.2, 0.25) is 0 Å². The molecule has 1 aromatic carbocycles. The standard InChI is InChI=1S/C17H25NO3S/c1-6-18(7-2)22-12(3)16(19)20-14-10-8-9-13-11-17(4,5)21-15(13)14/h8-10,12H,6-7,11H2,1-5H3. The molecule has 122 valence electrons. The van der Waals surface area contributed by atoms with Gasteiger partial charge in [-0.15, -0.1) is 0 Å². The van der Waals surface area contributed by atoms with Crippen molar-refractivity contribution in [1.82, 2.24) is 4.31 Å². The highest BCUT2D eigenvalue weighted by Crippen LogP contribution is 2.42. The van der Waals surface area contributed by atoms with Crippen molar-refractivity contribution in [1.29, 1.82) is 0 Å². The molecule has 5 heteroatoms. The van der Waals surface area contributed by atoms with E-state index in [9.17, 15) is 4.79 Å². The van der Waals surface area contributed by atoms with E-state index in [1.54, 1.807) is 6.07 Å². The molecule has 0 fully saturated rings. The van der Waals surface area contributed by atoms with Gasteiger partial charge in [0.15, 0.2) is 11.5 Å². The number of hydrogen-bond donors (Lipinski definition) is 0. The Kier molecular flexibility index (Phi) is 5.40. The summed E-state index contributed by atoms with van der Waals surface area (Å²) in [4.78, 5) is 12.3. The number of ether oxygens (including phenoxy) is 2. The number of para-hydroxylation sites is 1. The van der Waals surface area contributed by atoms with E-state index >= 15 is 0 Å². The number of hydrogen-bond acceptors (Lipinski definition) is 5. The Morgan fingerprint density at radius 1 is 1.41 bits per heavy atom. The highest BCUT2D eigenvalue weighted by molar-refractivity contribution is 7.98. The molecular formula is C17H25NO3S. The van der Waals surface area contributed by atoms with Crippen LogP contribution in [0.25, 0.3) is 0 Å². The van der Waals surface area contributed by atoms with Gasteiger partial charge in [-0.3, -0.25) is 9.10 Å². The number of esters is 1. The van der Waals surface area contributed by atoms with Crippen LogP contribution in [0.1, 0.15) is 40.2 Å². The fourth-order valence-corrected chi connectivity index (χ4v) is 3.38. The molecule has 0 saturated heterocycles. The zero-order valence-electron chi connectivity index (χ0n) is 14.0. The van der Waals surface area contributed by atoms with Crippen LogP contribution < -0.4 is 9.47 Å². The van der Waals surface area contributed by atoms with Gasteiger partial charge in [0, 0.05) is 25.1 Å². The maximum atomic E-state index is 12.3. The van der Waals surface area contributed by atoms with Gasteiger partial charge in [-0.05, 0) is 26.8 Å². The van der Waals surface area contributed by atoms with Gasteiger partial charge in [-0.2, -0.15) is 0 Å². The third-order valence-corrected chi connectivity index (χ3v) is 4.93. The molecule has 0 aliphatic carbocycles. The SMILES string of the molecule is CCN(CC)SC(C)C(=O)Oc1cccc2c1OC(C)(C)C2. The van der Waals surface area contributed by atoms with Crippen LogP contribution in [0.4, 0.5) is 0 Å². The molecular weight excluding hydrogens is 298 g/mol. The first kappa shape index (κ1) is 17.2. The first-order valence-electron chi connectivity index (χ1n) is 7.80. The first-order valence-corrected chi connectivity index (χ1v) is 8.64. The Labute approximate surface area is 137 Å². The van der Waals surface area contributed by atoms with Crippen molar-refractivity contribution in [2.75, 3.05) is 13.1 Å². The second-order valence-electron chi connectivity index (χ2n) is 6.07. The van der Waals surface area contributed by atoms with Crippen LogP contribution >= 0.6 is 11.9 Å². The van der Waals surface area contributed by atoms with E-state index in [-0.39, 0.29) is 16.8 Å². The molecule has 1 aliphatic heterocycles. The fraction of sp³-hybridized carbons (Fsp3) is 0.588. The molecule has 0 spiro atoms. The zero-order chi connectivity index (χ0) is 16.3. The molecule has 1 aromatic rings. The van der Waals surface area contributed by atoms with Crippen molar-refractivity contribution in [2.24, 2.45) is 0 Å². The zero-order valence-corrected chi connectivity index (χ0v) is 14.8. The molecule has 22 heavy (non-hydrogen) atoms. The lowest BCUT2D eigenvalue weighted by Gasteiger charge is -2.21. The summed E-state index contributed by atoms with van der Waals surface area (Å²) in [6, 6.07) is 5.73. The van der Waals surface area contributed by atoms with Gasteiger partial charge in [0.25, 0.3) is 0 Å². The van der Waals surface area contributed by atoms with Crippen LogP contribution in [0, 0.1) is 0 Å². The maximum absolute atomic E-state index is 12.3. The lowest BCUT2D eigenvalue weighted by atomic mass is 10.0. The van der Waals surface area contributed by atoms with Crippen molar-refractivity contribution in [3.63, 3.8) is 0 Å². The second-order valence-corrected chi connectivity index (χ2v) is 7.50. The number of rotatable bonds is 6. The van der Waals surface area contributed by atoms with Gasteiger partial charge in [0.1, 0.15) is 10.9 Å². The largest absolute Gasteiger partial charge is 0.483 e. The molecule has 0 bridgehead atoms. The average molecular weight is 323 g/mol. The molecule has 0 radical (unpaired) electrons. The van der Waals surface area contributed by atoms with Crippen molar-refractivity contribution in [2.45, 2.75) is 51.9 Å². The summed E-state index contributed by atoms with van der Waals surface area (Å²) in [5.41, 5.74) is 0.853. The molecule has 0 amide bonds. The Morgan fingerprint density at radius 3 is 2.73 bits per heavy atom. The van der Waals surface area contributed by atoms with Crippen LogP contribution in [0.15, 0.2) is 18.2 Å². The molecule has 1 unspecified atom stereocenters. The molecule has 4 nitrogen and oxygen atoms in total. The normalized spacial score (nSPS) is 17.0. The van der Waals surface area contributed by atoms with Crippen molar-refractivity contribution in [3.05, 3.63) is 23.8 Å². The van der Waals surface area contributed by atoms with Gasteiger partial charge in [0.05, 0.1) is 0 Å². The molecule has 1 heterocycles. The van der Waals surface area contributed by atoms with Crippen molar-refractivity contribution >= 4 is 17.9 Å². The minimum Gasteiger partial charge on any atom is -0.483 e. The van der Waals surface area contributed by atoms with Crippen LogP contribution in [-0.4, -0.2) is 34.2 Å². The minimum absolute atomic E-state index is 0.237. The Bertz CT molecular complexity index is 541. The quantitative estimate of drug-likeness (QED) is 0.453. The monoisotopic (exact) mass is 323 g/mol. The van der Waals surface area contributed by atoms with E-state index < -0.39 is 0 Å². The summed E-state index contributed by atoms with van der Waals surface area (Å²) in [5, 5.41) is -0.245. The summed E-state index contributed by atoms with van der Waals surface area (Å²) < 4.78 is 13.7. The number of carbonyl (C=O) groups excluding carboxylic acids is 1. The predicted octanol–water partition coefficient (Wildman–Crippen LogP) is 3.68. The van der Waals surface area contributed by atoms with Gasteiger partial charge in [-0.25, -0.2) is 0 Å². The smallest absolute Gasteiger partial charge is 0.325 e. The fourth-order valence-electron chi connectivity index (χ4n) is 2.50. The topological polar surface area (TPSA) is 38.8 Å². The van der Waals surface area contributed by atoms with Gasteiger partial charge >= 0.3 is 5.97 Å². The van der Waals surface area contributed by atoms with Gasteiger partial charge in [-0.1, -0.05) is 37.9 Å². The number of benzene rings is 1. The first-order chi connectivity index (χ1) is 10.4. The highest BCUT2D eigenvalue weighted by Gasteiger charge is 2.33. The molecule has 2 rings (SSSR count). The summed E-state index contributed by atoms with van der Waals surface area (Å²) >= 11 is 1.52. The van der Waals surface area contributed by atoms with Crippen LogP contribution in [0.5, 0.6) is 11.5 Å². The van der Waals surface area contributed by atoms with Crippen LogP contribution in [-0.2, 0) is 11.2 Å². The number of carbonyl (C=O) groups is 1. The average Bonchev–Trinajstić information content (AvgIpc) is 2.79. The molecule has 0 N–H and O–H groups in total. The third-order valence-electron chi connectivity index (χ3n) is 3.61. The van der Waals surface area contributed by atoms with Crippen molar-refractivity contribution < 1.29 is 14.3 Å². The van der Waals surface area contributed by atoms with Gasteiger partial charge < -0.3 is 9.47 Å². The highest BCUT2D eigenvalue weighted by atomic mass is 32.2. The molecule has 1 aliphatic rings. The summed E-state index contributed by atoms with van der Waals surface area (Å²) in [6.07, 6.45) is 0.831. The van der Waals surface area contributed by atoms with Crippen LogP contribution in [0.2, 0.25) is 0 Å². The maximum Gasteiger partial charge on any atom is 0.325 e. The van der Waals surface area contributed by atoms with E-state index in [0.717, 1.165) is 25.1 Å². The summed E-state index contributed by atoms with van der Waals surface area (Å²) in [6.45, 7) is 11.9. The Hall–Kier alpha value is -1.20. The molecule has 0 aromatic heterocycles. The van der Waals surface area contributed by atoms with E-state index in [0.29, 0.717) is 11.5 Å². The van der Waals surface area contributed by atoms with E-state index in [2.05, 4.69) is 18.2 Å². The predicted molar refractivity (Wildman–Crippen MR) is 90.5 cm³/mol. The third kappa shape index (κ3) is 3.96. The van der Waals surface area contributed by atoms with Crippen LogP contribution in [0.3, 0.4) is 0 Å². The lowest BCUT2D eigenvalue weighted by Crippen LogP contribution is -2.27. The van der Waals surface area contributed by atoms with E-state index in [4.69, 9.17) is 9.47 Å². The van der Waals surface area contributed by atoms with E-state index in [1.807, 2.05) is 32.9 Å². The number of fused-ring (bicyclic) bond motifs is 1. The van der Waals surface area contributed by atoms with E-state index in [1.165, 1.54) is 11.9 Å². The number of nitrogens with zero attached hydrogens (tertiary/aromatic N) is 1. The minimum atomic E-state index is -0.245. The Balaban J connectivity index is 2.06.